The number of nitrogens with zero attached hydrogens (tertiary/aromatic N) is 2. The molecule has 106 valence electrons. The van der Waals surface area contributed by atoms with E-state index in [0.29, 0.717) is 24.0 Å². The van der Waals surface area contributed by atoms with Crippen molar-refractivity contribution in [3.63, 3.8) is 0 Å². The molecule has 1 aliphatic rings. The van der Waals surface area contributed by atoms with Gasteiger partial charge in [0.2, 0.25) is 0 Å². The summed E-state index contributed by atoms with van der Waals surface area (Å²) < 4.78 is 9.97. The standard InChI is InChI=1S/C13H21N3O3/c1-18-9-11-8-12(15-19-11)13(17)16-6-3-10(2-5-14)4-7-16/h8,10H,2-7,9,14H2,1H3. The predicted octanol–water partition coefficient (Wildman–Crippen LogP) is 1.02. The molecule has 2 N–H and O–H groups in total. The molecule has 1 aliphatic heterocycles. The Hall–Kier alpha value is -1.40. The van der Waals surface area contributed by atoms with Crippen molar-refractivity contribution in [3.05, 3.63) is 17.5 Å². The van der Waals surface area contributed by atoms with E-state index in [-0.39, 0.29) is 5.91 Å². The van der Waals surface area contributed by atoms with Crippen LogP contribution in [0.4, 0.5) is 0 Å². The lowest BCUT2D eigenvalue weighted by Gasteiger charge is -2.31. The monoisotopic (exact) mass is 267 g/mol. The van der Waals surface area contributed by atoms with Gasteiger partial charge >= 0.3 is 0 Å². The summed E-state index contributed by atoms with van der Waals surface area (Å²) in [5.74, 6) is 1.16. The summed E-state index contributed by atoms with van der Waals surface area (Å²) in [6, 6.07) is 1.65. The van der Waals surface area contributed by atoms with E-state index in [1.54, 1.807) is 13.2 Å². The molecule has 0 atom stereocenters. The van der Waals surface area contributed by atoms with Crippen molar-refractivity contribution in [2.75, 3.05) is 26.7 Å². The molecule has 1 fully saturated rings. The number of nitrogens with two attached hydrogens (primary N) is 1. The van der Waals surface area contributed by atoms with E-state index in [2.05, 4.69) is 5.16 Å². The second-order valence-electron chi connectivity index (χ2n) is 4.92. The third kappa shape index (κ3) is 3.54. The average molecular weight is 267 g/mol. The van der Waals surface area contributed by atoms with E-state index in [1.165, 1.54) is 0 Å². The van der Waals surface area contributed by atoms with Crippen molar-refractivity contribution in [2.45, 2.75) is 25.9 Å². The van der Waals surface area contributed by atoms with Gasteiger partial charge in [-0.3, -0.25) is 4.79 Å². The number of methoxy groups -OCH3 is 1. The molecular weight excluding hydrogens is 246 g/mol. The normalized spacial score (nSPS) is 16.8. The molecule has 0 spiro atoms. The highest BCUT2D eigenvalue weighted by Crippen LogP contribution is 2.21. The molecule has 0 saturated carbocycles. The van der Waals surface area contributed by atoms with Gasteiger partial charge in [-0.05, 0) is 31.7 Å². The summed E-state index contributed by atoms with van der Waals surface area (Å²) >= 11 is 0. The van der Waals surface area contributed by atoms with Gasteiger partial charge in [-0.15, -0.1) is 0 Å². The van der Waals surface area contributed by atoms with Crippen LogP contribution in [0.25, 0.3) is 0 Å². The van der Waals surface area contributed by atoms with E-state index < -0.39 is 0 Å². The van der Waals surface area contributed by atoms with Crippen molar-refractivity contribution in [3.8, 4) is 0 Å². The van der Waals surface area contributed by atoms with E-state index in [0.717, 1.165) is 38.9 Å². The zero-order valence-electron chi connectivity index (χ0n) is 11.3. The SMILES string of the molecule is COCc1cc(C(=O)N2CCC(CCN)CC2)no1. The van der Waals surface area contributed by atoms with Gasteiger partial charge in [0, 0.05) is 26.3 Å². The van der Waals surface area contributed by atoms with Gasteiger partial charge in [0.05, 0.1) is 0 Å². The Morgan fingerprint density at radius 2 is 2.32 bits per heavy atom. The lowest BCUT2D eigenvalue weighted by molar-refractivity contribution is 0.0677. The summed E-state index contributed by atoms with van der Waals surface area (Å²) in [5, 5.41) is 3.80. The summed E-state index contributed by atoms with van der Waals surface area (Å²) in [7, 11) is 1.58. The number of aromatic nitrogens is 1. The molecule has 1 amide bonds. The topological polar surface area (TPSA) is 81.6 Å². The lowest BCUT2D eigenvalue weighted by atomic mass is 9.93. The van der Waals surface area contributed by atoms with Crippen LogP contribution in [0, 0.1) is 5.92 Å². The van der Waals surface area contributed by atoms with E-state index in [9.17, 15) is 4.79 Å². The Bertz CT molecular complexity index is 411. The zero-order chi connectivity index (χ0) is 13.7. The van der Waals surface area contributed by atoms with Crippen LogP contribution in [0.1, 0.15) is 35.5 Å². The maximum Gasteiger partial charge on any atom is 0.276 e. The van der Waals surface area contributed by atoms with Crippen molar-refractivity contribution in [1.82, 2.24) is 10.1 Å². The van der Waals surface area contributed by atoms with Gasteiger partial charge in [-0.2, -0.15) is 0 Å². The number of amides is 1. The molecule has 6 nitrogen and oxygen atoms in total. The van der Waals surface area contributed by atoms with Crippen LogP contribution in [0.2, 0.25) is 0 Å². The molecule has 0 unspecified atom stereocenters. The molecular formula is C13H21N3O3. The zero-order valence-corrected chi connectivity index (χ0v) is 11.3. The molecule has 1 aromatic heterocycles. The fraction of sp³-hybridized carbons (Fsp3) is 0.692. The number of hydrogen-bond acceptors (Lipinski definition) is 5. The highest BCUT2D eigenvalue weighted by molar-refractivity contribution is 5.92. The second kappa shape index (κ2) is 6.68. The van der Waals surface area contributed by atoms with E-state index >= 15 is 0 Å². The summed E-state index contributed by atoms with van der Waals surface area (Å²) in [6.07, 6.45) is 3.08. The van der Waals surface area contributed by atoms with Crippen molar-refractivity contribution >= 4 is 5.91 Å². The third-order valence-corrected chi connectivity index (χ3v) is 3.54. The smallest absolute Gasteiger partial charge is 0.276 e. The van der Waals surface area contributed by atoms with E-state index in [1.807, 2.05) is 4.90 Å². The van der Waals surface area contributed by atoms with Crippen LogP contribution in [0.3, 0.4) is 0 Å². The Kier molecular flexibility index (Phi) is 4.93. The molecule has 1 aromatic rings. The summed E-state index contributed by atoms with van der Waals surface area (Å²) in [4.78, 5) is 14.1. The van der Waals surface area contributed by atoms with Gasteiger partial charge in [-0.1, -0.05) is 5.16 Å². The number of ether oxygens (including phenoxy) is 1. The van der Waals surface area contributed by atoms with Gasteiger partial charge in [0.25, 0.3) is 5.91 Å². The first-order valence-electron chi connectivity index (χ1n) is 6.68. The largest absolute Gasteiger partial charge is 0.377 e. The molecule has 0 bridgehead atoms. The Labute approximate surface area is 112 Å². The Morgan fingerprint density at radius 1 is 1.58 bits per heavy atom. The number of carbonyl (C=O) groups is 1. The molecule has 0 aliphatic carbocycles. The average Bonchev–Trinajstić information content (AvgIpc) is 2.88. The number of rotatable bonds is 5. The molecule has 0 aromatic carbocycles. The second-order valence-corrected chi connectivity index (χ2v) is 4.92. The molecule has 19 heavy (non-hydrogen) atoms. The van der Waals surface area contributed by atoms with Crippen molar-refractivity contribution in [1.29, 1.82) is 0 Å². The first-order chi connectivity index (χ1) is 9.24. The number of carbonyl (C=O) groups excluding carboxylic acids is 1. The van der Waals surface area contributed by atoms with Crippen LogP contribution in [-0.2, 0) is 11.3 Å². The maximum absolute atomic E-state index is 12.2. The van der Waals surface area contributed by atoms with Crippen LogP contribution in [-0.4, -0.2) is 42.7 Å². The highest BCUT2D eigenvalue weighted by atomic mass is 16.5. The van der Waals surface area contributed by atoms with Gasteiger partial charge in [-0.25, -0.2) is 0 Å². The minimum Gasteiger partial charge on any atom is -0.377 e. The number of piperidine rings is 1. The summed E-state index contributed by atoms with van der Waals surface area (Å²) in [5.41, 5.74) is 5.93. The van der Waals surface area contributed by atoms with Crippen LogP contribution in [0.5, 0.6) is 0 Å². The third-order valence-electron chi connectivity index (χ3n) is 3.54. The van der Waals surface area contributed by atoms with Crippen molar-refractivity contribution in [2.24, 2.45) is 11.7 Å². The predicted molar refractivity (Wildman–Crippen MR) is 69.5 cm³/mol. The first-order valence-corrected chi connectivity index (χ1v) is 6.68. The minimum absolute atomic E-state index is 0.0581. The Morgan fingerprint density at radius 3 is 2.95 bits per heavy atom. The molecule has 2 rings (SSSR count). The Balaban J connectivity index is 1.89. The number of hydrogen-bond donors (Lipinski definition) is 1. The van der Waals surface area contributed by atoms with Gasteiger partial charge in [0.1, 0.15) is 6.61 Å². The maximum atomic E-state index is 12.2. The molecule has 2 heterocycles. The molecule has 1 saturated heterocycles. The van der Waals surface area contributed by atoms with Gasteiger partial charge in [0.15, 0.2) is 11.5 Å². The number of likely N-dealkylation sites (tertiary alicyclic amines) is 1. The van der Waals surface area contributed by atoms with Crippen molar-refractivity contribution < 1.29 is 14.1 Å². The quantitative estimate of drug-likeness (QED) is 0.861. The van der Waals surface area contributed by atoms with Crippen LogP contribution < -0.4 is 5.73 Å². The van der Waals surface area contributed by atoms with E-state index in [4.69, 9.17) is 15.0 Å². The lowest BCUT2D eigenvalue weighted by Crippen LogP contribution is -2.39. The highest BCUT2D eigenvalue weighted by Gasteiger charge is 2.25. The van der Waals surface area contributed by atoms with Gasteiger partial charge < -0.3 is 19.9 Å². The summed E-state index contributed by atoms with van der Waals surface area (Å²) in [6.45, 7) is 2.60. The fourth-order valence-corrected chi connectivity index (χ4v) is 2.45. The van der Waals surface area contributed by atoms with Crippen LogP contribution in [0.15, 0.2) is 10.6 Å². The molecule has 0 radical (unpaired) electrons. The minimum atomic E-state index is -0.0581. The fourth-order valence-electron chi connectivity index (χ4n) is 2.45. The first kappa shape index (κ1) is 14.0. The van der Waals surface area contributed by atoms with Crippen LogP contribution >= 0.6 is 0 Å². The molecule has 6 heteroatoms.